The molecule has 2 aromatic carbocycles. The molecule has 3 aromatic rings. The number of alkyl halides is 4. The second kappa shape index (κ2) is 10.0. The first kappa shape index (κ1) is 27.4. The van der Waals surface area contributed by atoms with Gasteiger partial charge in [0, 0.05) is 18.0 Å². The summed E-state index contributed by atoms with van der Waals surface area (Å²) in [4.78, 5) is 13.1. The van der Waals surface area contributed by atoms with Gasteiger partial charge in [-0.15, -0.1) is 0 Å². The van der Waals surface area contributed by atoms with E-state index in [4.69, 9.17) is 4.18 Å². The Morgan fingerprint density at radius 2 is 1.67 bits per heavy atom. The molecule has 1 N–H and O–H groups in total. The molecule has 0 fully saturated rings. The van der Waals surface area contributed by atoms with Gasteiger partial charge in [0.15, 0.2) is 0 Å². The van der Waals surface area contributed by atoms with Crippen LogP contribution in [0.1, 0.15) is 18.5 Å². The van der Waals surface area contributed by atoms with Crippen LogP contribution in [-0.4, -0.2) is 48.1 Å². The minimum absolute atomic E-state index is 0.125. The standard InChI is InChI=1S/C22H21F5N2O6S/c1-14(21(31,13-34-36(2,32)33)17-5-3-4-6-18(17)23)28-11-12-29(20(28)30)15-7-9-16(10-8-15)35-22(26,27)19(24)25/h3-12,14,19,31H,13H2,1-2H3/t14-,21+/m1/s1. The Bertz CT molecular complexity index is 1370. The molecule has 0 aliphatic rings. The maximum absolute atomic E-state index is 14.6. The molecule has 0 saturated carbocycles. The Hall–Kier alpha value is -3.23. The van der Waals surface area contributed by atoms with Crippen molar-refractivity contribution in [3.8, 4) is 11.4 Å². The topological polar surface area (TPSA) is 99.8 Å². The molecule has 1 aromatic heterocycles. The van der Waals surface area contributed by atoms with Gasteiger partial charge in [-0.25, -0.2) is 9.18 Å². The molecular weight excluding hydrogens is 515 g/mol. The molecule has 0 saturated heterocycles. The molecule has 0 aliphatic carbocycles. The van der Waals surface area contributed by atoms with E-state index in [1.54, 1.807) is 0 Å². The largest absolute Gasteiger partial charge is 0.461 e. The molecule has 8 nitrogen and oxygen atoms in total. The molecule has 0 unspecified atom stereocenters. The van der Waals surface area contributed by atoms with Crippen LogP contribution in [0.25, 0.3) is 5.69 Å². The van der Waals surface area contributed by atoms with Crippen molar-refractivity contribution in [3.05, 3.63) is 82.8 Å². The molecule has 196 valence electrons. The number of hydrogen-bond donors (Lipinski definition) is 1. The van der Waals surface area contributed by atoms with E-state index in [9.17, 15) is 40.3 Å². The Morgan fingerprint density at radius 1 is 1.06 bits per heavy atom. The zero-order valence-corrected chi connectivity index (χ0v) is 19.6. The van der Waals surface area contributed by atoms with Gasteiger partial charge >= 0.3 is 18.2 Å². The van der Waals surface area contributed by atoms with Crippen LogP contribution >= 0.6 is 0 Å². The van der Waals surface area contributed by atoms with Crippen LogP contribution in [0.5, 0.6) is 5.75 Å². The molecule has 2 atom stereocenters. The van der Waals surface area contributed by atoms with Crippen LogP contribution in [-0.2, 0) is 19.9 Å². The lowest BCUT2D eigenvalue weighted by atomic mass is 9.87. The fraction of sp³-hybridized carbons (Fsp3) is 0.318. The Kier molecular flexibility index (Phi) is 7.62. The Labute approximate surface area is 202 Å². The van der Waals surface area contributed by atoms with Gasteiger partial charge in [-0.05, 0) is 37.3 Å². The third kappa shape index (κ3) is 5.77. The summed E-state index contributed by atoms with van der Waals surface area (Å²) >= 11 is 0. The molecule has 0 amide bonds. The SMILES string of the molecule is C[C@@H](n1ccn(-c2ccc(OC(F)(F)C(F)F)cc2)c1=O)[C@@](O)(COS(C)(=O)=O)c1ccccc1F. The van der Waals surface area contributed by atoms with Crippen LogP contribution < -0.4 is 10.4 Å². The Balaban J connectivity index is 1.97. The first-order chi connectivity index (χ1) is 16.7. The summed E-state index contributed by atoms with van der Waals surface area (Å²) in [6.45, 7) is 0.434. The summed E-state index contributed by atoms with van der Waals surface area (Å²) < 4.78 is 99.3. The number of hydrogen-bond acceptors (Lipinski definition) is 6. The molecule has 0 aliphatic heterocycles. The van der Waals surface area contributed by atoms with E-state index in [1.807, 2.05) is 0 Å². The van der Waals surface area contributed by atoms with Crippen LogP contribution in [0.15, 0.2) is 65.7 Å². The van der Waals surface area contributed by atoms with Gasteiger partial charge in [0.25, 0.3) is 10.1 Å². The first-order valence-corrected chi connectivity index (χ1v) is 12.0. The molecule has 0 radical (unpaired) electrons. The number of aromatic nitrogens is 2. The number of ether oxygens (including phenoxy) is 1. The fourth-order valence-electron chi connectivity index (χ4n) is 3.42. The Morgan fingerprint density at radius 3 is 2.22 bits per heavy atom. The highest BCUT2D eigenvalue weighted by atomic mass is 32.2. The van der Waals surface area contributed by atoms with Crippen molar-refractivity contribution >= 4 is 10.1 Å². The number of benzene rings is 2. The highest BCUT2D eigenvalue weighted by Gasteiger charge is 2.44. The lowest BCUT2D eigenvalue weighted by molar-refractivity contribution is -0.253. The average Bonchev–Trinajstić information content (AvgIpc) is 3.18. The first-order valence-electron chi connectivity index (χ1n) is 10.2. The van der Waals surface area contributed by atoms with Gasteiger partial charge in [0.2, 0.25) is 0 Å². The molecule has 36 heavy (non-hydrogen) atoms. The maximum Gasteiger partial charge on any atom is 0.461 e. The quantitative estimate of drug-likeness (QED) is 0.315. The van der Waals surface area contributed by atoms with Gasteiger partial charge in [0.05, 0.1) is 18.0 Å². The van der Waals surface area contributed by atoms with Crippen molar-refractivity contribution in [1.29, 1.82) is 0 Å². The number of halogens is 5. The normalized spacial score (nSPS) is 15.0. The van der Waals surface area contributed by atoms with Crippen molar-refractivity contribution in [3.63, 3.8) is 0 Å². The highest BCUT2D eigenvalue weighted by molar-refractivity contribution is 7.85. The van der Waals surface area contributed by atoms with Gasteiger partial charge in [-0.1, -0.05) is 18.2 Å². The van der Waals surface area contributed by atoms with E-state index in [0.717, 1.165) is 45.7 Å². The lowest BCUT2D eigenvalue weighted by Gasteiger charge is -2.34. The summed E-state index contributed by atoms with van der Waals surface area (Å²) in [5, 5.41) is 11.4. The lowest BCUT2D eigenvalue weighted by Crippen LogP contribution is -2.44. The molecule has 14 heteroatoms. The third-order valence-corrected chi connectivity index (χ3v) is 5.91. The molecule has 0 spiro atoms. The summed E-state index contributed by atoms with van der Waals surface area (Å²) in [7, 11) is -4.05. The van der Waals surface area contributed by atoms with E-state index >= 15 is 0 Å². The van der Waals surface area contributed by atoms with Gasteiger partial charge in [0.1, 0.15) is 23.8 Å². The van der Waals surface area contributed by atoms with E-state index < -0.39 is 58.2 Å². The number of nitrogens with zero attached hydrogens (tertiary/aromatic N) is 2. The molecular formula is C22H21F5N2O6S. The summed E-state index contributed by atoms with van der Waals surface area (Å²) in [5.74, 6) is -1.44. The van der Waals surface area contributed by atoms with Crippen molar-refractivity contribution in [1.82, 2.24) is 9.13 Å². The van der Waals surface area contributed by atoms with Crippen LogP contribution in [0.3, 0.4) is 0 Å². The number of imidazole rings is 1. The van der Waals surface area contributed by atoms with Crippen LogP contribution in [0.4, 0.5) is 22.0 Å². The monoisotopic (exact) mass is 536 g/mol. The summed E-state index contributed by atoms with van der Waals surface area (Å²) in [6.07, 6.45) is -5.53. The van der Waals surface area contributed by atoms with E-state index in [0.29, 0.717) is 0 Å². The maximum atomic E-state index is 14.6. The van der Waals surface area contributed by atoms with Gasteiger partial charge in [-0.2, -0.15) is 26.0 Å². The zero-order valence-electron chi connectivity index (χ0n) is 18.8. The predicted octanol–water partition coefficient (Wildman–Crippen LogP) is 3.44. The average molecular weight is 536 g/mol. The minimum Gasteiger partial charge on any atom is -0.428 e. The van der Waals surface area contributed by atoms with Crippen LogP contribution in [0.2, 0.25) is 0 Å². The van der Waals surface area contributed by atoms with Gasteiger partial charge in [-0.3, -0.25) is 13.3 Å². The minimum atomic E-state index is -4.71. The van der Waals surface area contributed by atoms with Gasteiger partial charge < -0.3 is 9.84 Å². The number of aliphatic hydroxyl groups is 1. The smallest absolute Gasteiger partial charge is 0.428 e. The summed E-state index contributed by atoms with van der Waals surface area (Å²) in [6, 6.07) is 7.98. The van der Waals surface area contributed by atoms with Crippen molar-refractivity contribution in [2.45, 2.75) is 31.1 Å². The third-order valence-electron chi connectivity index (χ3n) is 5.37. The second-order valence-electron chi connectivity index (χ2n) is 7.86. The van der Waals surface area contributed by atoms with E-state index in [-0.39, 0.29) is 11.3 Å². The van der Waals surface area contributed by atoms with Crippen molar-refractivity contribution in [2.24, 2.45) is 0 Å². The number of rotatable bonds is 10. The summed E-state index contributed by atoms with van der Waals surface area (Å²) in [5.41, 5.74) is -3.28. The second-order valence-corrected chi connectivity index (χ2v) is 9.51. The van der Waals surface area contributed by atoms with E-state index in [2.05, 4.69) is 4.74 Å². The van der Waals surface area contributed by atoms with Crippen molar-refractivity contribution < 1.29 is 44.4 Å². The highest BCUT2D eigenvalue weighted by Crippen LogP contribution is 2.35. The molecule has 3 rings (SSSR count). The fourth-order valence-corrected chi connectivity index (χ4v) is 3.81. The van der Waals surface area contributed by atoms with Crippen molar-refractivity contribution in [2.75, 3.05) is 12.9 Å². The molecule has 0 bridgehead atoms. The van der Waals surface area contributed by atoms with Crippen LogP contribution in [0, 0.1) is 5.82 Å². The zero-order chi connectivity index (χ0) is 26.9. The molecule has 1 heterocycles. The van der Waals surface area contributed by atoms with E-state index in [1.165, 1.54) is 37.5 Å². The predicted molar refractivity (Wildman–Crippen MR) is 117 cm³/mol.